The Morgan fingerprint density at radius 3 is 3.05 bits per heavy atom. The molecule has 1 N–H and O–H groups in total. The monoisotopic (exact) mass is 288 g/mol. The van der Waals surface area contributed by atoms with E-state index in [1.165, 1.54) is 0 Å². The van der Waals surface area contributed by atoms with Crippen molar-refractivity contribution < 1.29 is 9.32 Å². The van der Waals surface area contributed by atoms with Crippen molar-refractivity contribution in [3.8, 4) is 0 Å². The second-order valence-corrected chi connectivity index (χ2v) is 5.39. The maximum Gasteiger partial charge on any atom is 0.322 e. The van der Waals surface area contributed by atoms with Crippen LogP contribution in [0.3, 0.4) is 0 Å². The zero-order chi connectivity index (χ0) is 14.2. The first-order chi connectivity index (χ1) is 10.3. The fourth-order valence-electron chi connectivity index (χ4n) is 2.77. The van der Waals surface area contributed by atoms with Crippen LogP contribution in [0.1, 0.15) is 11.8 Å². The van der Waals surface area contributed by atoms with Gasteiger partial charge in [-0.15, -0.1) is 0 Å². The standard InChI is InChI=1S/C13H16N6O2/c20-13-14-3-4-18(13)10-5-15-19(8-10)11-6-17(7-11)9-12-1-2-16-21-12/h1-2,5,8,11H,3-4,6-7,9H2,(H,14,20). The van der Waals surface area contributed by atoms with Crippen molar-refractivity contribution in [2.75, 3.05) is 31.1 Å². The maximum atomic E-state index is 11.6. The van der Waals surface area contributed by atoms with Gasteiger partial charge in [0, 0.05) is 38.4 Å². The molecular weight excluding hydrogens is 272 g/mol. The molecule has 2 aliphatic rings. The molecule has 2 aromatic heterocycles. The molecule has 0 aromatic carbocycles. The van der Waals surface area contributed by atoms with Gasteiger partial charge in [0.1, 0.15) is 0 Å². The van der Waals surface area contributed by atoms with E-state index in [1.807, 2.05) is 16.9 Å². The van der Waals surface area contributed by atoms with E-state index in [0.717, 1.165) is 31.1 Å². The van der Waals surface area contributed by atoms with Crippen LogP contribution in [-0.4, -0.2) is 52.0 Å². The van der Waals surface area contributed by atoms with Crippen LogP contribution in [0.5, 0.6) is 0 Å². The topological polar surface area (TPSA) is 79.4 Å². The summed E-state index contributed by atoms with van der Waals surface area (Å²) in [6.07, 6.45) is 5.36. The van der Waals surface area contributed by atoms with Gasteiger partial charge in [0.2, 0.25) is 0 Å². The first-order valence-corrected chi connectivity index (χ1v) is 7.01. The number of hydrogen-bond acceptors (Lipinski definition) is 5. The Morgan fingerprint density at radius 2 is 2.33 bits per heavy atom. The quantitative estimate of drug-likeness (QED) is 0.884. The molecule has 2 aromatic rings. The molecule has 2 amide bonds. The third kappa shape index (κ3) is 2.27. The number of carbonyl (C=O) groups is 1. The highest BCUT2D eigenvalue weighted by atomic mass is 16.5. The van der Waals surface area contributed by atoms with E-state index in [2.05, 4.69) is 20.5 Å². The van der Waals surface area contributed by atoms with Gasteiger partial charge in [0.25, 0.3) is 0 Å². The third-order valence-corrected chi connectivity index (χ3v) is 3.94. The van der Waals surface area contributed by atoms with Crippen molar-refractivity contribution in [1.82, 2.24) is 25.2 Å². The van der Waals surface area contributed by atoms with Crippen LogP contribution < -0.4 is 10.2 Å². The lowest BCUT2D eigenvalue weighted by atomic mass is 10.1. The summed E-state index contributed by atoms with van der Waals surface area (Å²) in [5.41, 5.74) is 0.860. The number of nitrogens with zero attached hydrogens (tertiary/aromatic N) is 5. The molecule has 0 bridgehead atoms. The average Bonchev–Trinajstić information content (AvgIpc) is 3.14. The van der Waals surface area contributed by atoms with Crippen LogP contribution in [-0.2, 0) is 6.54 Å². The van der Waals surface area contributed by atoms with E-state index < -0.39 is 0 Å². The SMILES string of the molecule is O=C1NCCN1c1cnn(C2CN(Cc3ccno3)C2)c1. The zero-order valence-electron chi connectivity index (χ0n) is 11.5. The van der Waals surface area contributed by atoms with Gasteiger partial charge in [-0.05, 0) is 0 Å². The highest BCUT2D eigenvalue weighted by Crippen LogP contribution is 2.25. The van der Waals surface area contributed by atoms with Crippen molar-refractivity contribution in [3.63, 3.8) is 0 Å². The lowest BCUT2D eigenvalue weighted by Gasteiger charge is -2.38. The lowest BCUT2D eigenvalue weighted by Crippen LogP contribution is -2.47. The van der Waals surface area contributed by atoms with Gasteiger partial charge in [0.05, 0.1) is 30.7 Å². The number of aromatic nitrogens is 3. The Hall–Kier alpha value is -2.35. The fraction of sp³-hybridized carbons (Fsp3) is 0.462. The molecule has 2 aliphatic heterocycles. The Kier molecular flexibility index (Phi) is 2.88. The summed E-state index contributed by atoms with van der Waals surface area (Å²) < 4.78 is 7.04. The van der Waals surface area contributed by atoms with Crippen LogP contribution in [0.4, 0.5) is 10.5 Å². The van der Waals surface area contributed by atoms with Crippen LogP contribution in [0.2, 0.25) is 0 Å². The second kappa shape index (κ2) is 4.88. The van der Waals surface area contributed by atoms with Crippen molar-refractivity contribution in [1.29, 1.82) is 0 Å². The molecule has 4 rings (SSSR count). The summed E-state index contributed by atoms with van der Waals surface area (Å²) in [6, 6.07) is 2.19. The number of likely N-dealkylation sites (tertiary alicyclic amines) is 1. The molecule has 0 atom stereocenters. The number of urea groups is 1. The zero-order valence-corrected chi connectivity index (χ0v) is 11.5. The molecule has 0 spiro atoms. The molecule has 2 saturated heterocycles. The van der Waals surface area contributed by atoms with Crippen LogP contribution in [0.25, 0.3) is 0 Å². The minimum atomic E-state index is -0.0462. The number of hydrogen-bond donors (Lipinski definition) is 1. The van der Waals surface area contributed by atoms with E-state index in [-0.39, 0.29) is 6.03 Å². The van der Waals surface area contributed by atoms with E-state index in [4.69, 9.17) is 4.52 Å². The molecule has 0 unspecified atom stereocenters. The fourth-order valence-corrected chi connectivity index (χ4v) is 2.77. The van der Waals surface area contributed by atoms with Gasteiger partial charge in [-0.25, -0.2) is 4.79 Å². The lowest BCUT2D eigenvalue weighted by molar-refractivity contribution is 0.0810. The molecular formula is C13H16N6O2. The molecule has 8 nitrogen and oxygen atoms in total. The summed E-state index contributed by atoms with van der Waals surface area (Å²) in [4.78, 5) is 15.6. The van der Waals surface area contributed by atoms with E-state index >= 15 is 0 Å². The Bertz CT molecular complexity index is 631. The molecule has 21 heavy (non-hydrogen) atoms. The number of amides is 2. The molecule has 0 aliphatic carbocycles. The minimum absolute atomic E-state index is 0.0462. The predicted octanol–water partition coefficient (Wildman–Crippen LogP) is 0.458. The van der Waals surface area contributed by atoms with Gasteiger partial charge < -0.3 is 9.84 Å². The van der Waals surface area contributed by atoms with Crippen molar-refractivity contribution >= 4 is 11.7 Å². The highest BCUT2D eigenvalue weighted by molar-refractivity contribution is 5.93. The first-order valence-electron chi connectivity index (χ1n) is 7.01. The van der Waals surface area contributed by atoms with Crippen LogP contribution >= 0.6 is 0 Å². The van der Waals surface area contributed by atoms with Gasteiger partial charge in [-0.1, -0.05) is 5.16 Å². The molecule has 0 saturated carbocycles. The summed E-state index contributed by atoms with van der Waals surface area (Å²) in [7, 11) is 0. The first kappa shape index (κ1) is 12.4. The van der Waals surface area contributed by atoms with Crippen molar-refractivity contribution in [2.45, 2.75) is 12.6 Å². The Labute approximate surface area is 121 Å². The average molecular weight is 288 g/mol. The summed E-state index contributed by atoms with van der Waals surface area (Å²) in [6.45, 7) is 4.02. The highest BCUT2D eigenvalue weighted by Gasteiger charge is 2.30. The molecule has 0 radical (unpaired) electrons. The summed E-state index contributed by atoms with van der Waals surface area (Å²) in [5, 5.41) is 10.9. The molecule has 2 fully saturated rings. The smallest absolute Gasteiger partial charge is 0.322 e. The van der Waals surface area contributed by atoms with Gasteiger partial charge in [0.15, 0.2) is 5.76 Å². The Balaban J connectivity index is 1.36. The number of rotatable bonds is 4. The van der Waals surface area contributed by atoms with Gasteiger partial charge in [-0.3, -0.25) is 14.5 Å². The molecule has 8 heteroatoms. The number of anilines is 1. The maximum absolute atomic E-state index is 11.6. The number of nitrogens with one attached hydrogen (secondary N) is 1. The normalized spacial score (nSPS) is 19.8. The third-order valence-electron chi connectivity index (χ3n) is 3.94. The Morgan fingerprint density at radius 1 is 1.43 bits per heavy atom. The van der Waals surface area contributed by atoms with E-state index in [0.29, 0.717) is 19.1 Å². The number of carbonyl (C=O) groups excluding carboxylic acids is 1. The summed E-state index contributed by atoms with van der Waals surface area (Å²) in [5.74, 6) is 0.878. The van der Waals surface area contributed by atoms with Crippen LogP contribution in [0, 0.1) is 0 Å². The predicted molar refractivity (Wildman–Crippen MR) is 73.8 cm³/mol. The van der Waals surface area contributed by atoms with Crippen molar-refractivity contribution in [2.24, 2.45) is 0 Å². The molecule has 110 valence electrons. The van der Waals surface area contributed by atoms with Crippen LogP contribution in [0.15, 0.2) is 29.2 Å². The second-order valence-electron chi connectivity index (χ2n) is 5.39. The van der Waals surface area contributed by atoms with E-state index in [9.17, 15) is 4.79 Å². The molecule has 4 heterocycles. The van der Waals surface area contributed by atoms with Crippen molar-refractivity contribution in [3.05, 3.63) is 30.4 Å². The summed E-state index contributed by atoms with van der Waals surface area (Å²) >= 11 is 0. The van der Waals surface area contributed by atoms with E-state index in [1.54, 1.807) is 17.3 Å². The largest absolute Gasteiger partial charge is 0.360 e. The van der Waals surface area contributed by atoms with Gasteiger partial charge >= 0.3 is 6.03 Å². The minimum Gasteiger partial charge on any atom is -0.360 e. The van der Waals surface area contributed by atoms with Gasteiger partial charge in [-0.2, -0.15) is 5.10 Å².